The Morgan fingerprint density at radius 1 is 1.36 bits per heavy atom. The largest absolute Gasteiger partial charge is 0.329 e. The average Bonchev–Trinajstić information content (AvgIpc) is 3.35. The molecule has 1 atom stereocenters. The van der Waals surface area contributed by atoms with Gasteiger partial charge in [-0.05, 0) is 37.5 Å². The zero-order valence-corrected chi connectivity index (χ0v) is 13.6. The molecule has 0 bridgehead atoms. The van der Waals surface area contributed by atoms with E-state index in [0.717, 1.165) is 18.4 Å². The number of aromatic nitrogens is 2. The molecular formula is C16H15Cl2N3O. The normalized spacial score (nSPS) is 15.4. The maximum atomic E-state index is 12.9. The van der Waals surface area contributed by atoms with Crippen LogP contribution in [0.3, 0.4) is 0 Å². The number of carbonyl (C=O) groups excluding carboxylic acids is 1. The van der Waals surface area contributed by atoms with Gasteiger partial charge in [0.05, 0.1) is 16.6 Å². The van der Waals surface area contributed by atoms with Crippen molar-refractivity contribution in [3.05, 3.63) is 58.1 Å². The smallest absolute Gasteiger partial charge is 0.256 e. The lowest BCUT2D eigenvalue weighted by atomic mass is 10.1. The fourth-order valence-corrected chi connectivity index (χ4v) is 2.75. The molecule has 1 fully saturated rings. The monoisotopic (exact) mass is 335 g/mol. The van der Waals surface area contributed by atoms with Crippen LogP contribution in [0, 0.1) is 0 Å². The van der Waals surface area contributed by atoms with E-state index in [4.69, 9.17) is 23.2 Å². The van der Waals surface area contributed by atoms with Crippen molar-refractivity contribution in [2.75, 3.05) is 0 Å². The molecule has 2 aromatic rings. The van der Waals surface area contributed by atoms with Gasteiger partial charge in [0.15, 0.2) is 0 Å². The topological polar surface area (TPSA) is 46.1 Å². The summed E-state index contributed by atoms with van der Waals surface area (Å²) in [4.78, 5) is 22.9. The summed E-state index contributed by atoms with van der Waals surface area (Å²) >= 11 is 11.8. The third-order valence-corrected chi connectivity index (χ3v) is 4.49. The minimum Gasteiger partial charge on any atom is -0.329 e. The second kappa shape index (κ2) is 6.23. The van der Waals surface area contributed by atoms with Crippen LogP contribution >= 0.6 is 23.2 Å². The highest BCUT2D eigenvalue weighted by Crippen LogP contribution is 2.35. The molecule has 0 saturated heterocycles. The number of amides is 1. The molecule has 0 spiro atoms. The van der Waals surface area contributed by atoms with Crippen molar-refractivity contribution in [2.24, 2.45) is 0 Å². The fourth-order valence-electron chi connectivity index (χ4n) is 2.48. The molecule has 3 rings (SSSR count). The SMILES string of the molecule is CC(c1cccnc1)N(C(=O)c1cnc(Cl)c(Cl)c1)C1CC1. The average molecular weight is 336 g/mol. The van der Waals surface area contributed by atoms with Crippen LogP contribution in [-0.4, -0.2) is 26.8 Å². The quantitative estimate of drug-likeness (QED) is 0.788. The highest BCUT2D eigenvalue weighted by molar-refractivity contribution is 6.41. The first-order valence-electron chi connectivity index (χ1n) is 7.11. The molecule has 22 heavy (non-hydrogen) atoms. The van der Waals surface area contributed by atoms with Crippen LogP contribution in [0.5, 0.6) is 0 Å². The van der Waals surface area contributed by atoms with Gasteiger partial charge in [-0.3, -0.25) is 9.78 Å². The Hall–Kier alpha value is -1.65. The predicted octanol–water partition coefficient (Wildman–Crippen LogP) is 4.15. The van der Waals surface area contributed by atoms with Gasteiger partial charge in [0.1, 0.15) is 5.15 Å². The summed E-state index contributed by atoms with van der Waals surface area (Å²) in [6.45, 7) is 2.01. The summed E-state index contributed by atoms with van der Waals surface area (Å²) in [5.74, 6) is -0.0788. The van der Waals surface area contributed by atoms with E-state index in [1.807, 2.05) is 24.0 Å². The van der Waals surface area contributed by atoms with E-state index in [1.54, 1.807) is 18.5 Å². The first-order chi connectivity index (χ1) is 10.6. The molecule has 6 heteroatoms. The number of halogens is 2. The van der Waals surface area contributed by atoms with E-state index in [-0.39, 0.29) is 28.2 Å². The Morgan fingerprint density at radius 2 is 2.14 bits per heavy atom. The Balaban J connectivity index is 1.90. The summed E-state index contributed by atoms with van der Waals surface area (Å²) in [6, 6.07) is 5.64. The Bertz CT molecular complexity index is 689. The molecule has 0 aliphatic heterocycles. The summed E-state index contributed by atoms with van der Waals surface area (Å²) in [7, 11) is 0. The molecule has 4 nitrogen and oxygen atoms in total. The fraction of sp³-hybridized carbons (Fsp3) is 0.312. The standard InChI is InChI=1S/C16H15Cl2N3O/c1-10(11-3-2-6-19-8-11)21(13-4-5-13)16(22)12-7-14(17)15(18)20-9-12/h2-3,6-10,13H,4-5H2,1H3. The highest BCUT2D eigenvalue weighted by Gasteiger charge is 2.37. The molecule has 1 amide bonds. The van der Waals surface area contributed by atoms with Gasteiger partial charge in [0.25, 0.3) is 5.91 Å². The number of pyridine rings is 2. The van der Waals surface area contributed by atoms with Crippen LogP contribution in [-0.2, 0) is 0 Å². The van der Waals surface area contributed by atoms with Gasteiger partial charge in [0, 0.05) is 24.6 Å². The number of rotatable bonds is 4. The van der Waals surface area contributed by atoms with Crippen LogP contribution < -0.4 is 0 Å². The second-order valence-electron chi connectivity index (χ2n) is 5.40. The minimum absolute atomic E-state index is 0.0526. The van der Waals surface area contributed by atoms with Crippen LogP contribution in [0.1, 0.15) is 41.7 Å². The van der Waals surface area contributed by atoms with Crippen LogP contribution in [0.15, 0.2) is 36.8 Å². The summed E-state index contributed by atoms with van der Waals surface area (Å²) < 4.78 is 0. The van der Waals surface area contributed by atoms with Crippen molar-refractivity contribution in [1.29, 1.82) is 0 Å². The molecule has 1 saturated carbocycles. The zero-order chi connectivity index (χ0) is 15.7. The molecule has 1 aliphatic carbocycles. The van der Waals surface area contributed by atoms with Gasteiger partial charge in [-0.15, -0.1) is 0 Å². The van der Waals surface area contributed by atoms with Gasteiger partial charge in [-0.1, -0.05) is 29.3 Å². The van der Waals surface area contributed by atoms with E-state index >= 15 is 0 Å². The summed E-state index contributed by atoms with van der Waals surface area (Å²) in [6.07, 6.45) is 7.03. The van der Waals surface area contributed by atoms with Gasteiger partial charge < -0.3 is 4.90 Å². The lowest BCUT2D eigenvalue weighted by molar-refractivity contribution is 0.0673. The molecule has 114 valence electrons. The molecule has 1 aliphatic rings. The molecule has 0 aromatic carbocycles. The van der Waals surface area contributed by atoms with Crippen molar-refractivity contribution in [3.8, 4) is 0 Å². The summed E-state index contributed by atoms with van der Waals surface area (Å²) in [5, 5.41) is 0.494. The van der Waals surface area contributed by atoms with E-state index in [1.165, 1.54) is 6.20 Å². The van der Waals surface area contributed by atoms with Crippen molar-refractivity contribution in [2.45, 2.75) is 31.8 Å². The second-order valence-corrected chi connectivity index (χ2v) is 6.17. The number of nitrogens with zero attached hydrogens (tertiary/aromatic N) is 3. The van der Waals surface area contributed by atoms with Crippen LogP contribution in [0.25, 0.3) is 0 Å². The van der Waals surface area contributed by atoms with Gasteiger partial charge >= 0.3 is 0 Å². The molecule has 0 radical (unpaired) electrons. The minimum atomic E-state index is -0.0788. The Labute approximate surface area is 139 Å². The van der Waals surface area contributed by atoms with Crippen LogP contribution in [0.2, 0.25) is 10.2 Å². The van der Waals surface area contributed by atoms with Gasteiger partial charge in [-0.25, -0.2) is 4.98 Å². The third-order valence-electron chi connectivity index (χ3n) is 3.80. The highest BCUT2D eigenvalue weighted by atomic mass is 35.5. The number of hydrogen-bond acceptors (Lipinski definition) is 3. The maximum absolute atomic E-state index is 12.9. The summed E-state index contributed by atoms with van der Waals surface area (Å²) in [5.41, 5.74) is 1.47. The number of carbonyl (C=O) groups is 1. The van der Waals surface area contributed by atoms with E-state index in [0.29, 0.717) is 5.56 Å². The maximum Gasteiger partial charge on any atom is 0.256 e. The van der Waals surface area contributed by atoms with Crippen molar-refractivity contribution < 1.29 is 4.79 Å². The van der Waals surface area contributed by atoms with Crippen molar-refractivity contribution in [1.82, 2.24) is 14.9 Å². The Morgan fingerprint density at radius 3 is 2.73 bits per heavy atom. The first kappa shape index (κ1) is 15.3. The van der Waals surface area contributed by atoms with Crippen molar-refractivity contribution in [3.63, 3.8) is 0 Å². The zero-order valence-electron chi connectivity index (χ0n) is 12.0. The lowest BCUT2D eigenvalue weighted by Gasteiger charge is -2.29. The van der Waals surface area contributed by atoms with E-state index in [2.05, 4.69) is 9.97 Å². The lowest BCUT2D eigenvalue weighted by Crippen LogP contribution is -2.35. The van der Waals surface area contributed by atoms with E-state index in [9.17, 15) is 4.79 Å². The Kier molecular flexibility index (Phi) is 4.32. The number of hydrogen-bond donors (Lipinski definition) is 0. The van der Waals surface area contributed by atoms with E-state index < -0.39 is 0 Å². The van der Waals surface area contributed by atoms with Crippen molar-refractivity contribution >= 4 is 29.1 Å². The van der Waals surface area contributed by atoms with Gasteiger partial charge in [-0.2, -0.15) is 0 Å². The third kappa shape index (κ3) is 3.08. The molecule has 2 aromatic heterocycles. The first-order valence-corrected chi connectivity index (χ1v) is 7.87. The molecule has 2 heterocycles. The van der Waals surface area contributed by atoms with Gasteiger partial charge in [0.2, 0.25) is 0 Å². The molecule has 0 N–H and O–H groups in total. The predicted molar refractivity (Wildman–Crippen MR) is 86.1 cm³/mol. The van der Waals surface area contributed by atoms with Crippen LogP contribution in [0.4, 0.5) is 0 Å². The molecule has 1 unspecified atom stereocenters. The molecular weight excluding hydrogens is 321 g/mol.